The van der Waals surface area contributed by atoms with Gasteiger partial charge in [-0.15, -0.1) is 6.58 Å². The highest BCUT2D eigenvalue weighted by molar-refractivity contribution is 6.08. The SMILES string of the molecule is C=CCN1C(=O)[C@@](O)([C@@H](C)/C=C/CC(=O)N2CCC[C@H]2CO)c2cc(N3C(=O)CC3OC(C)=O)ccc21. The van der Waals surface area contributed by atoms with E-state index in [2.05, 4.69) is 6.58 Å². The van der Waals surface area contributed by atoms with E-state index in [0.29, 0.717) is 23.5 Å². The van der Waals surface area contributed by atoms with Crippen molar-refractivity contribution in [3.8, 4) is 0 Å². The minimum atomic E-state index is -1.94. The quantitative estimate of drug-likeness (QED) is 0.293. The molecule has 37 heavy (non-hydrogen) atoms. The van der Waals surface area contributed by atoms with Crippen molar-refractivity contribution in [1.29, 1.82) is 0 Å². The summed E-state index contributed by atoms with van der Waals surface area (Å²) in [5.74, 6) is -2.11. The fraction of sp³-hybridized carbons (Fsp3) is 0.481. The Morgan fingerprint density at radius 3 is 2.73 bits per heavy atom. The Balaban J connectivity index is 1.60. The van der Waals surface area contributed by atoms with Crippen molar-refractivity contribution >= 4 is 35.1 Å². The van der Waals surface area contributed by atoms with Crippen LogP contribution in [0.3, 0.4) is 0 Å². The fourth-order valence-electron chi connectivity index (χ4n) is 5.36. The van der Waals surface area contributed by atoms with Crippen molar-refractivity contribution in [3.05, 3.63) is 48.6 Å². The van der Waals surface area contributed by atoms with Gasteiger partial charge in [0.15, 0.2) is 11.8 Å². The van der Waals surface area contributed by atoms with Gasteiger partial charge in [0.05, 0.1) is 24.8 Å². The number of aliphatic hydroxyl groups is 2. The largest absolute Gasteiger partial charge is 0.441 e. The third kappa shape index (κ3) is 4.67. The summed E-state index contributed by atoms with van der Waals surface area (Å²) in [4.78, 5) is 54.3. The second kappa shape index (κ2) is 10.5. The van der Waals surface area contributed by atoms with Crippen molar-refractivity contribution in [2.45, 2.75) is 57.4 Å². The van der Waals surface area contributed by atoms with Gasteiger partial charge in [-0.05, 0) is 31.0 Å². The Kier molecular flexibility index (Phi) is 7.52. The lowest BCUT2D eigenvalue weighted by molar-refractivity contribution is -0.154. The van der Waals surface area contributed by atoms with Crippen LogP contribution >= 0.6 is 0 Å². The van der Waals surface area contributed by atoms with Gasteiger partial charge in [-0.2, -0.15) is 0 Å². The summed E-state index contributed by atoms with van der Waals surface area (Å²) in [6.07, 6.45) is 5.86. The number of likely N-dealkylation sites (tertiary alicyclic amines) is 1. The van der Waals surface area contributed by atoms with E-state index in [9.17, 15) is 29.4 Å². The first-order valence-corrected chi connectivity index (χ1v) is 12.5. The molecule has 3 aliphatic rings. The number of amides is 3. The summed E-state index contributed by atoms with van der Waals surface area (Å²) in [5, 5.41) is 21.3. The molecule has 0 spiro atoms. The molecule has 0 bridgehead atoms. The number of benzene rings is 1. The maximum absolute atomic E-state index is 13.5. The summed E-state index contributed by atoms with van der Waals surface area (Å²) in [7, 11) is 0. The molecule has 0 radical (unpaired) electrons. The second-order valence-corrected chi connectivity index (χ2v) is 9.69. The first-order valence-electron chi connectivity index (χ1n) is 12.5. The van der Waals surface area contributed by atoms with Gasteiger partial charge in [-0.1, -0.05) is 25.2 Å². The van der Waals surface area contributed by atoms with Crippen molar-refractivity contribution in [2.75, 3.05) is 29.5 Å². The molecule has 0 aromatic heterocycles. The molecule has 1 aromatic carbocycles. The molecule has 198 valence electrons. The van der Waals surface area contributed by atoms with Gasteiger partial charge < -0.3 is 24.7 Å². The van der Waals surface area contributed by atoms with Crippen LogP contribution in [0.4, 0.5) is 11.4 Å². The molecule has 3 aliphatic heterocycles. The number of anilines is 2. The maximum atomic E-state index is 13.5. The molecule has 10 heteroatoms. The summed E-state index contributed by atoms with van der Waals surface area (Å²) < 4.78 is 5.21. The number of fused-ring (bicyclic) bond motifs is 1. The van der Waals surface area contributed by atoms with Crippen molar-refractivity contribution in [3.63, 3.8) is 0 Å². The molecule has 1 aromatic rings. The molecule has 2 saturated heterocycles. The normalized spacial score (nSPS) is 25.9. The second-order valence-electron chi connectivity index (χ2n) is 9.69. The highest BCUT2D eigenvalue weighted by Crippen LogP contribution is 2.47. The predicted octanol–water partition coefficient (Wildman–Crippen LogP) is 1.60. The van der Waals surface area contributed by atoms with Crippen LogP contribution < -0.4 is 9.80 Å². The van der Waals surface area contributed by atoms with Gasteiger partial charge in [-0.3, -0.25) is 24.1 Å². The molecular formula is C27H33N3O7. The number of aliphatic hydroxyl groups excluding tert-OH is 1. The standard InChI is InChI=1S/C27H33N3O7/c1-4-12-29-22-11-10-19(30-24(34)15-25(30)37-18(3)32)14-21(22)27(36,26(29)35)17(2)7-5-9-23(33)28-13-6-8-20(28)16-31/h4-5,7,10-11,14,17,20,25,31,36H,1,6,8-9,12-13,15-16H2,2-3H3/b7-5+/t17-,20-,25?,27+/m0/s1. The fourth-order valence-corrected chi connectivity index (χ4v) is 5.36. The summed E-state index contributed by atoms with van der Waals surface area (Å²) in [6.45, 7) is 7.37. The third-order valence-corrected chi connectivity index (χ3v) is 7.33. The van der Waals surface area contributed by atoms with Crippen LogP contribution in [0.25, 0.3) is 0 Å². The molecule has 3 amide bonds. The van der Waals surface area contributed by atoms with Crippen LogP contribution in [0.1, 0.15) is 45.1 Å². The van der Waals surface area contributed by atoms with Crippen molar-refractivity contribution in [2.24, 2.45) is 5.92 Å². The number of hydrogen-bond donors (Lipinski definition) is 2. The molecule has 3 heterocycles. The van der Waals surface area contributed by atoms with Gasteiger partial charge in [0, 0.05) is 43.6 Å². The van der Waals surface area contributed by atoms with E-state index in [0.717, 1.165) is 12.8 Å². The van der Waals surface area contributed by atoms with Gasteiger partial charge in [0.25, 0.3) is 5.91 Å². The molecule has 0 aliphatic carbocycles. The Hall–Kier alpha value is -3.50. The zero-order valence-electron chi connectivity index (χ0n) is 21.1. The molecule has 2 fully saturated rings. The number of nitrogens with zero attached hydrogens (tertiary/aromatic N) is 3. The number of β-lactam (4-membered cyclic amide) rings is 1. The number of hydrogen-bond acceptors (Lipinski definition) is 7. The third-order valence-electron chi connectivity index (χ3n) is 7.33. The number of carbonyl (C=O) groups excluding carboxylic acids is 4. The summed E-state index contributed by atoms with van der Waals surface area (Å²) in [6, 6.07) is 4.71. The Bertz CT molecular complexity index is 1150. The molecule has 4 atom stereocenters. The zero-order chi connectivity index (χ0) is 26.9. The lowest BCUT2D eigenvalue weighted by atomic mass is 9.82. The number of carbonyl (C=O) groups is 4. The average molecular weight is 512 g/mol. The number of esters is 1. The monoisotopic (exact) mass is 511 g/mol. The lowest BCUT2D eigenvalue weighted by Gasteiger charge is -2.39. The minimum absolute atomic E-state index is 0.0593. The molecule has 2 N–H and O–H groups in total. The smallest absolute Gasteiger partial charge is 0.304 e. The van der Waals surface area contributed by atoms with Crippen molar-refractivity contribution < 1.29 is 34.1 Å². The van der Waals surface area contributed by atoms with Crippen LogP contribution in [0, 0.1) is 5.92 Å². The van der Waals surface area contributed by atoms with Gasteiger partial charge >= 0.3 is 5.97 Å². The minimum Gasteiger partial charge on any atom is -0.441 e. The zero-order valence-corrected chi connectivity index (χ0v) is 21.1. The molecule has 10 nitrogen and oxygen atoms in total. The summed E-state index contributed by atoms with van der Waals surface area (Å²) >= 11 is 0. The van der Waals surface area contributed by atoms with Gasteiger partial charge in [0.2, 0.25) is 11.8 Å². The van der Waals surface area contributed by atoms with E-state index in [-0.39, 0.29) is 43.8 Å². The summed E-state index contributed by atoms with van der Waals surface area (Å²) in [5.41, 5.74) is -0.725. The Morgan fingerprint density at radius 2 is 2.08 bits per heavy atom. The number of rotatable bonds is 9. The molecule has 4 rings (SSSR count). The molecule has 0 saturated carbocycles. The highest BCUT2D eigenvalue weighted by Gasteiger charge is 2.53. The first kappa shape index (κ1) is 26.6. The predicted molar refractivity (Wildman–Crippen MR) is 135 cm³/mol. The van der Waals surface area contributed by atoms with Crippen molar-refractivity contribution in [1.82, 2.24) is 4.90 Å². The van der Waals surface area contributed by atoms with Crippen LogP contribution in [0.2, 0.25) is 0 Å². The van der Waals surface area contributed by atoms with E-state index in [4.69, 9.17) is 4.74 Å². The number of ether oxygens (including phenoxy) is 1. The lowest BCUT2D eigenvalue weighted by Crippen LogP contribution is -2.55. The highest BCUT2D eigenvalue weighted by atomic mass is 16.6. The van der Waals surface area contributed by atoms with E-state index < -0.39 is 29.6 Å². The Morgan fingerprint density at radius 1 is 1.32 bits per heavy atom. The Labute approximate surface area is 215 Å². The average Bonchev–Trinajstić information content (AvgIpc) is 3.42. The molecular weight excluding hydrogens is 478 g/mol. The van der Waals surface area contributed by atoms with E-state index in [1.807, 2.05) is 0 Å². The van der Waals surface area contributed by atoms with Crippen LogP contribution in [-0.4, -0.2) is 70.8 Å². The topological polar surface area (TPSA) is 128 Å². The van der Waals surface area contributed by atoms with E-state index >= 15 is 0 Å². The van der Waals surface area contributed by atoms with Crippen LogP contribution in [-0.2, 0) is 29.5 Å². The molecule has 1 unspecified atom stereocenters. The van der Waals surface area contributed by atoms with Gasteiger partial charge in [-0.25, -0.2) is 0 Å². The van der Waals surface area contributed by atoms with Crippen LogP contribution in [0.5, 0.6) is 0 Å². The van der Waals surface area contributed by atoms with E-state index in [1.165, 1.54) is 16.7 Å². The first-order chi connectivity index (χ1) is 17.6. The van der Waals surface area contributed by atoms with E-state index in [1.54, 1.807) is 48.3 Å². The maximum Gasteiger partial charge on any atom is 0.304 e. The van der Waals surface area contributed by atoms with Crippen LogP contribution in [0.15, 0.2) is 43.0 Å². The van der Waals surface area contributed by atoms with Gasteiger partial charge in [0.1, 0.15) is 0 Å².